The molecular formula is C102H134N18O6+2. The number of hydrogen-bond acceptors (Lipinski definition) is 13. The van der Waals surface area contributed by atoms with Crippen molar-refractivity contribution in [1.29, 1.82) is 0 Å². The second-order valence-corrected chi connectivity index (χ2v) is 34.2. The molecule has 0 spiro atoms. The lowest BCUT2D eigenvalue weighted by atomic mass is 10.1. The molecule has 0 amide bonds. The molecule has 0 fully saturated rings. The molecule has 0 saturated heterocycles. The van der Waals surface area contributed by atoms with E-state index in [9.17, 15) is 30.6 Å². The molecule has 0 atom stereocenters. The third-order valence-corrected chi connectivity index (χ3v) is 21.9. The summed E-state index contributed by atoms with van der Waals surface area (Å²) in [6.45, 7) is 8.11. The molecule has 23 N–H and O–H groups in total. The van der Waals surface area contributed by atoms with Gasteiger partial charge in [-0.05, 0) is 273 Å². The first-order valence-electron chi connectivity index (χ1n) is 43.3. The fourth-order valence-electron chi connectivity index (χ4n) is 15.1. The number of rotatable bonds is 24. The van der Waals surface area contributed by atoms with Crippen LogP contribution in [-0.4, -0.2) is 238 Å². The zero-order chi connectivity index (χ0) is 90.3. The summed E-state index contributed by atoms with van der Waals surface area (Å²) in [7, 11) is 25.3. The monoisotopic (exact) mass is 1710 g/mol. The maximum absolute atomic E-state index is 9.85. The fourth-order valence-corrected chi connectivity index (χ4v) is 15.1. The summed E-state index contributed by atoms with van der Waals surface area (Å²) in [6, 6.07) is 58.0. The third-order valence-electron chi connectivity index (χ3n) is 21.9. The van der Waals surface area contributed by atoms with Gasteiger partial charge in [-0.2, -0.15) is 0 Å². The molecule has 24 nitrogen and oxygen atoms in total. The standard InChI is InChI=1S/2C13H18N2O.C12H16N2O.C12H16N2.C11H14N2O.C11H14N2.2C10H12N2O.C10H12N2/c1-15(2,3)7-6-10-9-14-13-5-4-11(16)8-12(10)13;1-15(2,3)8-7-10-9-14-11-5-4-6-12(16)13(10)11;1-14(2)7-6-9-8-13-10-4-3-5-11(15)12(9)10;1-14(2)8-7-10-9-13-12-6-4-3-5-11(10)12;1-12-6-5-8-7-13-9-3-2-4-10(14)11(8)9;1-12-7-6-9-8-13-11-5-3-2-4-10(9)11;11-4-3-7-6-12-10-2-1-8(13)5-9(7)10;11-5-4-7-6-12-8-2-1-3-9(13)10(7)8;11-6-5-8-7-12-10-4-2-1-3-9(8)10/h4-5,8-9,14H,6-7H2,1-3H3;4-6,9,14H,7-8H2,1-3H3;3-5,8,13,15H,6-7H2,1-2H3;3-6,9,13H,7-8H2,1-2H3;2-4,7,12-14H,5-6H2,1H3;2-5,8,12-13H,6-7H2,1H3;1-2,5-6,12-13H,3-4,11H2;1-3,6,12-13H,4-5,11H2;1-4,7,12H,5-6,11H2/p+2. The molecule has 18 rings (SSSR count). The van der Waals surface area contributed by atoms with Crippen molar-refractivity contribution >= 4 is 98.1 Å². The normalized spacial score (nSPS) is 11.3. The largest absolute Gasteiger partial charge is 0.508 e. The van der Waals surface area contributed by atoms with Gasteiger partial charge >= 0.3 is 0 Å². The number of nitrogens with one attached hydrogen (secondary N) is 11. The van der Waals surface area contributed by atoms with Crippen LogP contribution in [-0.2, 0) is 57.8 Å². The Labute approximate surface area is 739 Å². The molecule has 24 heteroatoms. The van der Waals surface area contributed by atoms with Crippen molar-refractivity contribution in [3.63, 3.8) is 0 Å². The summed E-state index contributed by atoms with van der Waals surface area (Å²) in [5.41, 5.74) is 37.4. The van der Waals surface area contributed by atoms with E-state index in [0.29, 0.717) is 54.1 Å². The van der Waals surface area contributed by atoms with Crippen LogP contribution in [0.1, 0.15) is 50.1 Å². The number of phenolic OH excluding ortho intramolecular Hbond substituents is 6. The summed E-state index contributed by atoms with van der Waals surface area (Å²) in [5.74, 6) is 2.04. The number of quaternary nitrogens is 2. The lowest BCUT2D eigenvalue weighted by molar-refractivity contribution is -0.870. The molecule has 0 bridgehead atoms. The number of hydrogen-bond donors (Lipinski definition) is 20. The Kier molecular flexibility index (Phi) is 35.5. The zero-order valence-corrected chi connectivity index (χ0v) is 75.4. The van der Waals surface area contributed by atoms with Crippen LogP contribution in [0.2, 0.25) is 0 Å². The van der Waals surface area contributed by atoms with Crippen LogP contribution in [0, 0.1) is 0 Å². The van der Waals surface area contributed by atoms with Gasteiger partial charge < -0.3 is 122 Å². The van der Waals surface area contributed by atoms with Gasteiger partial charge in [-0.15, -0.1) is 0 Å². The highest BCUT2D eigenvalue weighted by atomic mass is 16.3. The highest BCUT2D eigenvalue weighted by molar-refractivity contribution is 5.93. The average Bonchev–Trinajstić information content (AvgIpc) is 1.67. The molecule has 0 aliphatic carbocycles. The number of likely N-dealkylation sites (N-methyl/N-ethyl adjacent to an activating group) is 6. The van der Waals surface area contributed by atoms with E-state index in [1.165, 1.54) is 66.1 Å². The Bertz CT molecular complexity index is 6310. The van der Waals surface area contributed by atoms with E-state index < -0.39 is 0 Å². The minimum Gasteiger partial charge on any atom is -0.508 e. The van der Waals surface area contributed by atoms with E-state index in [4.69, 9.17) is 17.2 Å². The van der Waals surface area contributed by atoms with Crippen LogP contribution >= 0.6 is 0 Å². The number of aromatic nitrogens is 9. The molecule has 9 aromatic heterocycles. The van der Waals surface area contributed by atoms with E-state index in [-0.39, 0.29) is 0 Å². The number of H-pyrrole nitrogens is 9. The van der Waals surface area contributed by atoms with Gasteiger partial charge in [-0.3, -0.25) is 0 Å². The molecule has 9 heterocycles. The molecular weight excluding hydrogens is 1570 g/mol. The minimum absolute atomic E-state index is 0.297. The van der Waals surface area contributed by atoms with Crippen molar-refractivity contribution in [1.82, 2.24) is 65.3 Å². The molecule has 0 radical (unpaired) electrons. The summed E-state index contributed by atoms with van der Waals surface area (Å²) >= 11 is 0. The number of para-hydroxylation sites is 3. The summed E-state index contributed by atoms with van der Waals surface area (Å²) in [6.07, 6.45) is 26.7. The smallest absolute Gasteiger partial charge is 0.125 e. The van der Waals surface area contributed by atoms with Crippen molar-refractivity contribution < 1.29 is 39.6 Å². The van der Waals surface area contributed by atoms with Crippen molar-refractivity contribution in [2.75, 3.05) is 143 Å². The van der Waals surface area contributed by atoms with E-state index in [1.807, 2.05) is 130 Å². The van der Waals surface area contributed by atoms with Crippen molar-refractivity contribution in [3.05, 3.63) is 288 Å². The van der Waals surface area contributed by atoms with Gasteiger partial charge in [0, 0.05) is 180 Å². The van der Waals surface area contributed by atoms with Crippen LogP contribution in [0.5, 0.6) is 34.5 Å². The van der Waals surface area contributed by atoms with Crippen molar-refractivity contribution in [2.45, 2.75) is 57.8 Å². The van der Waals surface area contributed by atoms with E-state index in [2.05, 4.69) is 215 Å². The first kappa shape index (κ1) is 95.5. The predicted octanol–water partition coefficient (Wildman–Crippen LogP) is 16.5. The van der Waals surface area contributed by atoms with Crippen LogP contribution in [0.3, 0.4) is 0 Å². The van der Waals surface area contributed by atoms with Crippen molar-refractivity contribution in [2.24, 2.45) is 17.2 Å². The zero-order valence-electron chi connectivity index (χ0n) is 75.4. The topological polar surface area (TPSA) is 372 Å². The Morgan fingerprint density at radius 2 is 0.508 bits per heavy atom. The number of nitrogens with two attached hydrogens (primary N) is 3. The minimum atomic E-state index is 0.297. The lowest BCUT2D eigenvalue weighted by Crippen LogP contribution is -2.36. The Morgan fingerprint density at radius 3 is 0.841 bits per heavy atom. The van der Waals surface area contributed by atoms with Gasteiger partial charge in [0.25, 0.3) is 0 Å². The lowest BCUT2D eigenvalue weighted by Gasteiger charge is -2.23. The first-order valence-corrected chi connectivity index (χ1v) is 43.3. The fraction of sp³-hybridized carbons (Fsp3) is 0.294. The van der Waals surface area contributed by atoms with E-state index in [1.54, 1.807) is 42.5 Å². The number of aromatic amines is 9. The van der Waals surface area contributed by atoms with E-state index >= 15 is 0 Å². The van der Waals surface area contributed by atoms with Gasteiger partial charge in [-0.1, -0.05) is 78.9 Å². The Hall–Kier alpha value is -12.7. The number of nitrogens with zero attached hydrogens (tertiary/aromatic N) is 4. The van der Waals surface area contributed by atoms with Crippen LogP contribution < -0.4 is 27.8 Å². The molecule has 18 aromatic rings. The summed E-state index contributed by atoms with van der Waals surface area (Å²) < 4.78 is 1.88. The van der Waals surface area contributed by atoms with Gasteiger partial charge in [0.1, 0.15) is 34.5 Å². The Morgan fingerprint density at radius 1 is 0.270 bits per heavy atom. The number of benzene rings is 9. The van der Waals surface area contributed by atoms with Crippen LogP contribution in [0.15, 0.2) is 238 Å². The summed E-state index contributed by atoms with van der Waals surface area (Å²) in [5, 5.41) is 73.9. The van der Waals surface area contributed by atoms with Gasteiger partial charge in [0.05, 0.1) is 55.4 Å². The maximum Gasteiger partial charge on any atom is 0.125 e. The number of phenols is 6. The molecule has 0 saturated carbocycles. The molecule has 0 aliphatic rings. The second kappa shape index (κ2) is 46.8. The van der Waals surface area contributed by atoms with Gasteiger partial charge in [0.15, 0.2) is 0 Å². The molecule has 0 aliphatic heterocycles. The highest BCUT2D eigenvalue weighted by Crippen LogP contribution is 2.33. The second-order valence-electron chi connectivity index (χ2n) is 34.2. The summed E-state index contributed by atoms with van der Waals surface area (Å²) in [4.78, 5) is 33.1. The Balaban J connectivity index is 0.000000148. The first-order chi connectivity index (χ1) is 60.7. The predicted molar refractivity (Wildman–Crippen MR) is 526 cm³/mol. The number of aromatic hydroxyl groups is 6. The third kappa shape index (κ3) is 27.4. The molecule has 0 unspecified atom stereocenters. The SMILES string of the molecule is CN(C)CCc1c[nH]c2cccc(O)c12.CN(C)CCc1c[nH]c2ccccc12.CNCCc1c[nH]c2cccc(O)c12.CNCCc1c[nH]c2ccccc12.C[N+](C)(C)CCc1c[nH]c2ccc(O)cc12.C[N+](C)(C)CCc1c[nH]c2cccc(O)c12.NCCc1c[nH]c2ccc(O)cc12.NCCc1c[nH]c2cccc(O)c12.NCCc1c[nH]c2ccccc12. The maximum atomic E-state index is 9.85. The highest BCUT2D eigenvalue weighted by Gasteiger charge is 2.16. The van der Waals surface area contributed by atoms with Gasteiger partial charge in [-0.25, -0.2) is 0 Å². The quantitative estimate of drug-likeness (QED) is 0.0250. The van der Waals surface area contributed by atoms with Crippen LogP contribution in [0.25, 0.3) is 98.1 Å². The molecule has 9 aromatic carbocycles. The number of fused-ring (bicyclic) bond motifs is 9. The van der Waals surface area contributed by atoms with Gasteiger partial charge in [0.2, 0.25) is 0 Å². The van der Waals surface area contributed by atoms with Crippen molar-refractivity contribution in [3.8, 4) is 34.5 Å². The molecule has 126 heavy (non-hydrogen) atoms. The van der Waals surface area contributed by atoms with E-state index in [0.717, 1.165) is 188 Å². The molecule has 666 valence electrons. The average molecular weight is 1710 g/mol. The van der Waals surface area contributed by atoms with Crippen LogP contribution in [0.4, 0.5) is 0 Å².